The molecular weight excluding hydrogens is 169 g/mol. The Morgan fingerprint density at radius 3 is 2.31 bits per heavy atom. The Bertz CT molecular complexity index is 100. The van der Waals surface area contributed by atoms with Gasteiger partial charge in [-0.3, -0.25) is 0 Å². The highest BCUT2D eigenvalue weighted by atomic mass is 19.1. The fourth-order valence-electron chi connectivity index (χ4n) is 1.42. The first-order valence-electron chi connectivity index (χ1n) is 5.30. The van der Waals surface area contributed by atoms with Crippen molar-refractivity contribution in [2.45, 2.75) is 39.3 Å². The molecule has 13 heavy (non-hydrogen) atoms. The van der Waals surface area contributed by atoms with E-state index in [0.717, 1.165) is 26.1 Å². The minimum atomic E-state index is -0.583. The van der Waals surface area contributed by atoms with Crippen LogP contribution < -0.4 is 0 Å². The van der Waals surface area contributed by atoms with Gasteiger partial charge in [-0.25, -0.2) is 4.39 Å². The van der Waals surface area contributed by atoms with E-state index in [1.54, 1.807) is 0 Å². The first-order valence-corrected chi connectivity index (χ1v) is 5.30. The van der Waals surface area contributed by atoms with Crippen molar-refractivity contribution in [3.8, 4) is 0 Å². The highest BCUT2D eigenvalue weighted by Crippen LogP contribution is 2.12. The topological polar surface area (TPSA) is 23.5 Å². The van der Waals surface area contributed by atoms with Crippen molar-refractivity contribution in [2.24, 2.45) is 0 Å². The van der Waals surface area contributed by atoms with Crippen LogP contribution in [0, 0.1) is 0 Å². The summed E-state index contributed by atoms with van der Waals surface area (Å²) in [7, 11) is 0. The van der Waals surface area contributed by atoms with Gasteiger partial charge in [0.25, 0.3) is 0 Å². The lowest BCUT2D eigenvalue weighted by molar-refractivity contribution is 0.141. The summed E-state index contributed by atoms with van der Waals surface area (Å²) in [5.41, 5.74) is 0. The maximum absolute atomic E-state index is 12.6. The minimum absolute atomic E-state index is 0.246. The molecule has 1 saturated heterocycles. The van der Waals surface area contributed by atoms with E-state index in [1.165, 1.54) is 0 Å². The lowest BCUT2D eigenvalue weighted by Gasteiger charge is -2.27. The molecule has 0 unspecified atom stereocenters. The molecule has 0 saturated carbocycles. The van der Waals surface area contributed by atoms with E-state index in [2.05, 4.69) is 4.90 Å². The van der Waals surface area contributed by atoms with Gasteiger partial charge in [-0.2, -0.15) is 0 Å². The molecule has 2 nitrogen and oxygen atoms in total. The van der Waals surface area contributed by atoms with Crippen molar-refractivity contribution < 1.29 is 9.50 Å². The zero-order valence-corrected chi connectivity index (χ0v) is 8.80. The van der Waals surface area contributed by atoms with Gasteiger partial charge in [0.2, 0.25) is 0 Å². The molecule has 1 N–H and O–H groups in total. The van der Waals surface area contributed by atoms with Crippen molar-refractivity contribution in [3.63, 3.8) is 0 Å². The molecule has 3 heteroatoms. The summed E-state index contributed by atoms with van der Waals surface area (Å²) in [6.07, 6.45) is 1.58. The van der Waals surface area contributed by atoms with E-state index in [1.807, 2.05) is 13.8 Å². The quantitative estimate of drug-likeness (QED) is 0.735. The molecule has 0 spiro atoms. The Labute approximate surface area is 80.7 Å². The van der Waals surface area contributed by atoms with Crippen LogP contribution in [0.25, 0.3) is 0 Å². The van der Waals surface area contributed by atoms with Crippen molar-refractivity contribution in [1.82, 2.24) is 4.90 Å². The van der Waals surface area contributed by atoms with Crippen LogP contribution in [0.15, 0.2) is 0 Å². The third kappa shape index (κ3) is 5.99. The minimum Gasteiger partial charge on any atom is -0.396 e. The van der Waals surface area contributed by atoms with E-state index in [4.69, 9.17) is 5.11 Å². The smallest absolute Gasteiger partial charge is 0.103 e. The summed E-state index contributed by atoms with van der Waals surface area (Å²) >= 11 is 0. The standard InChI is InChI=1S/C8H16FNO.C2H6/c9-8-2-5-10(6-3-8)4-1-7-11;1-2/h8,11H,1-7H2;1-2H3. The van der Waals surface area contributed by atoms with Gasteiger partial charge in [0.1, 0.15) is 6.17 Å². The van der Waals surface area contributed by atoms with Gasteiger partial charge in [-0.15, -0.1) is 0 Å². The maximum Gasteiger partial charge on any atom is 0.103 e. The Balaban J connectivity index is 0.000000671. The normalized spacial score (nSPS) is 19.4. The van der Waals surface area contributed by atoms with Crippen LogP contribution >= 0.6 is 0 Å². The molecule has 0 amide bonds. The van der Waals surface area contributed by atoms with E-state index in [0.29, 0.717) is 12.8 Å². The van der Waals surface area contributed by atoms with Crippen LogP contribution in [0.1, 0.15) is 33.1 Å². The highest BCUT2D eigenvalue weighted by Gasteiger charge is 2.17. The summed E-state index contributed by atoms with van der Waals surface area (Å²) < 4.78 is 12.6. The number of hydrogen-bond donors (Lipinski definition) is 1. The Hall–Kier alpha value is -0.150. The third-order valence-electron chi connectivity index (χ3n) is 2.15. The zero-order chi connectivity index (χ0) is 10.1. The number of rotatable bonds is 3. The average molecular weight is 191 g/mol. The number of alkyl halides is 1. The lowest BCUT2D eigenvalue weighted by atomic mass is 10.1. The molecule has 1 aliphatic heterocycles. The van der Waals surface area contributed by atoms with E-state index < -0.39 is 6.17 Å². The molecule has 0 aromatic heterocycles. The monoisotopic (exact) mass is 191 g/mol. The molecule has 0 aromatic carbocycles. The fourth-order valence-corrected chi connectivity index (χ4v) is 1.42. The summed E-state index contributed by atoms with van der Waals surface area (Å²) in [6.45, 7) is 6.89. The van der Waals surface area contributed by atoms with Gasteiger partial charge in [0.05, 0.1) is 0 Å². The van der Waals surface area contributed by atoms with Gasteiger partial charge < -0.3 is 10.0 Å². The predicted octanol–water partition coefficient (Wildman–Crippen LogP) is 1.83. The number of nitrogens with zero attached hydrogens (tertiary/aromatic N) is 1. The number of aliphatic hydroxyl groups excluding tert-OH is 1. The molecule has 0 aromatic rings. The maximum atomic E-state index is 12.6. The molecular formula is C10H22FNO. The first-order chi connectivity index (χ1) is 6.33. The Morgan fingerprint density at radius 1 is 1.31 bits per heavy atom. The van der Waals surface area contributed by atoms with Gasteiger partial charge in [-0.1, -0.05) is 13.8 Å². The molecule has 0 bridgehead atoms. The van der Waals surface area contributed by atoms with Gasteiger partial charge in [-0.05, 0) is 19.3 Å². The average Bonchev–Trinajstić information content (AvgIpc) is 2.20. The van der Waals surface area contributed by atoms with Crippen LogP contribution in [0.3, 0.4) is 0 Å². The molecule has 80 valence electrons. The second kappa shape index (κ2) is 8.45. The fraction of sp³-hybridized carbons (Fsp3) is 1.00. The van der Waals surface area contributed by atoms with Gasteiger partial charge >= 0.3 is 0 Å². The van der Waals surface area contributed by atoms with Crippen molar-refractivity contribution in [3.05, 3.63) is 0 Å². The SMILES string of the molecule is CC.OCCCN1CCC(F)CC1. The first kappa shape index (κ1) is 12.8. The lowest BCUT2D eigenvalue weighted by Crippen LogP contribution is -2.35. The van der Waals surface area contributed by atoms with E-state index in [9.17, 15) is 4.39 Å². The highest BCUT2D eigenvalue weighted by molar-refractivity contribution is 4.70. The number of likely N-dealkylation sites (tertiary alicyclic amines) is 1. The van der Waals surface area contributed by atoms with Gasteiger partial charge in [0.15, 0.2) is 0 Å². The number of piperidine rings is 1. The molecule has 1 fully saturated rings. The summed E-state index contributed by atoms with van der Waals surface area (Å²) in [4.78, 5) is 2.21. The van der Waals surface area contributed by atoms with Gasteiger partial charge in [0, 0.05) is 26.2 Å². The zero-order valence-electron chi connectivity index (χ0n) is 8.80. The van der Waals surface area contributed by atoms with E-state index in [-0.39, 0.29) is 6.61 Å². The molecule has 0 radical (unpaired) electrons. The van der Waals surface area contributed by atoms with Crippen molar-refractivity contribution >= 4 is 0 Å². The molecule has 1 rings (SSSR count). The summed E-state index contributed by atoms with van der Waals surface area (Å²) in [5, 5.41) is 8.55. The molecule has 0 atom stereocenters. The summed E-state index contributed by atoms with van der Waals surface area (Å²) in [5.74, 6) is 0. The van der Waals surface area contributed by atoms with Crippen LogP contribution in [0.2, 0.25) is 0 Å². The van der Waals surface area contributed by atoms with Crippen LogP contribution in [-0.2, 0) is 0 Å². The second-order valence-electron chi connectivity index (χ2n) is 3.09. The number of aliphatic hydroxyl groups is 1. The van der Waals surface area contributed by atoms with Crippen LogP contribution in [0.5, 0.6) is 0 Å². The number of hydrogen-bond acceptors (Lipinski definition) is 2. The third-order valence-corrected chi connectivity index (χ3v) is 2.15. The number of halogens is 1. The van der Waals surface area contributed by atoms with E-state index >= 15 is 0 Å². The second-order valence-corrected chi connectivity index (χ2v) is 3.09. The molecule has 1 heterocycles. The largest absolute Gasteiger partial charge is 0.396 e. The van der Waals surface area contributed by atoms with Crippen LogP contribution in [-0.4, -0.2) is 42.4 Å². The van der Waals surface area contributed by atoms with Crippen LogP contribution in [0.4, 0.5) is 4.39 Å². The van der Waals surface area contributed by atoms with Crippen molar-refractivity contribution in [2.75, 3.05) is 26.2 Å². The Morgan fingerprint density at radius 2 is 1.85 bits per heavy atom. The summed E-state index contributed by atoms with van der Waals surface area (Å²) in [6, 6.07) is 0. The predicted molar refractivity (Wildman–Crippen MR) is 53.6 cm³/mol. The Kier molecular flexibility index (Phi) is 8.35. The van der Waals surface area contributed by atoms with Crippen molar-refractivity contribution in [1.29, 1.82) is 0 Å². The molecule has 0 aliphatic carbocycles. The molecule has 1 aliphatic rings.